The number of rotatable bonds is 8. The fourth-order valence-electron chi connectivity index (χ4n) is 7.20. The summed E-state index contributed by atoms with van der Waals surface area (Å²) in [5, 5.41) is 14.8. The van der Waals surface area contributed by atoms with Crippen LogP contribution in [0.4, 0.5) is 0 Å². The van der Waals surface area contributed by atoms with Gasteiger partial charge in [0, 0.05) is 58.8 Å². The average Bonchev–Trinajstić information content (AvgIpc) is 3.63. The first-order chi connectivity index (χ1) is 23.4. The maximum Gasteiger partial charge on any atom is 0.164 e. The van der Waals surface area contributed by atoms with Crippen LogP contribution in [0.5, 0.6) is 0 Å². The molecule has 6 aromatic rings. The number of furan rings is 1. The Balaban J connectivity index is 0.000000234. The summed E-state index contributed by atoms with van der Waals surface area (Å²) in [6, 6.07) is 33.0. The van der Waals surface area contributed by atoms with Crippen LogP contribution in [0, 0.1) is 16.9 Å². The zero-order valence-electron chi connectivity index (χ0n) is 30.5. The van der Waals surface area contributed by atoms with Gasteiger partial charge in [0.15, 0.2) is 5.78 Å². The first-order valence-corrected chi connectivity index (χ1v) is 17.7. The number of aliphatic hydroxyl groups excluding tert-OH is 1. The smallest absolute Gasteiger partial charge is 0.164 e. The van der Waals surface area contributed by atoms with Crippen molar-refractivity contribution in [1.29, 1.82) is 0 Å². The molecule has 1 N–H and O–H groups in total. The van der Waals surface area contributed by atoms with Gasteiger partial charge in [0.1, 0.15) is 11.3 Å². The van der Waals surface area contributed by atoms with Crippen LogP contribution in [0.1, 0.15) is 92.2 Å². The maximum atomic E-state index is 12.2. The molecule has 261 valence electrons. The van der Waals surface area contributed by atoms with E-state index in [2.05, 4.69) is 86.6 Å². The van der Waals surface area contributed by atoms with Crippen molar-refractivity contribution in [2.75, 3.05) is 0 Å². The van der Waals surface area contributed by atoms with Gasteiger partial charge in [0.05, 0.1) is 11.3 Å². The molecule has 1 aliphatic carbocycles. The minimum Gasteiger partial charge on any atom is -0.512 e. The van der Waals surface area contributed by atoms with E-state index in [1.165, 1.54) is 33.4 Å². The van der Waals surface area contributed by atoms with Crippen molar-refractivity contribution in [3.05, 3.63) is 114 Å². The van der Waals surface area contributed by atoms with Gasteiger partial charge in [-0.15, -0.1) is 29.3 Å². The molecule has 0 saturated heterocycles. The Bertz CT molecular complexity index is 2220. The number of fused-ring (bicyclic) bond motifs is 8. The summed E-state index contributed by atoms with van der Waals surface area (Å²) in [4.78, 5) is 17.3. The minimum atomic E-state index is -0.337. The number of carbonyl (C=O) groups is 1. The van der Waals surface area contributed by atoms with Gasteiger partial charge in [-0.25, -0.2) is 0 Å². The molecule has 0 aliphatic heterocycles. The van der Waals surface area contributed by atoms with Crippen molar-refractivity contribution < 1.29 is 34.4 Å². The fourth-order valence-corrected chi connectivity index (χ4v) is 7.20. The van der Waals surface area contributed by atoms with E-state index in [1.54, 1.807) is 0 Å². The Morgan fingerprint density at radius 2 is 1.36 bits per heavy atom. The summed E-state index contributed by atoms with van der Waals surface area (Å²) in [5.41, 5.74) is 6.78. The summed E-state index contributed by atoms with van der Waals surface area (Å²) >= 11 is 0. The van der Waals surface area contributed by atoms with Gasteiger partial charge in [0.2, 0.25) is 0 Å². The monoisotopic (exact) mass is 843 g/mol. The van der Waals surface area contributed by atoms with Crippen molar-refractivity contribution in [1.82, 2.24) is 4.98 Å². The predicted octanol–water partition coefficient (Wildman–Crippen LogP) is 12.6. The van der Waals surface area contributed by atoms with E-state index >= 15 is 0 Å². The maximum absolute atomic E-state index is 12.2. The first kappa shape index (κ1) is 37.2. The van der Waals surface area contributed by atoms with Crippen molar-refractivity contribution in [2.24, 2.45) is 10.8 Å². The summed E-state index contributed by atoms with van der Waals surface area (Å²) in [5.74, 6) is 1.24. The number of hydrogen-bond donors (Lipinski definition) is 1. The van der Waals surface area contributed by atoms with Gasteiger partial charge in [-0.2, -0.15) is 0 Å². The third-order valence-electron chi connectivity index (χ3n) is 11.6. The second-order valence-electron chi connectivity index (χ2n) is 14.5. The number of allylic oxidation sites excluding steroid dienone is 2. The summed E-state index contributed by atoms with van der Waals surface area (Å²) in [6.45, 7) is 16.7. The molecule has 0 bridgehead atoms. The Morgan fingerprint density at radius 3 is 2.00 bits per heavy atom. The molecular weight excluding hydrogens is 795 g/mol. The van der Waals surface area contributed by atoms with E-state index in [-0.39, 0.29) is 47.9 Å². The van der Waals surface area contributed by atoms with E-state index in [1.807, 2.05) is 59.7 Å². The molecule has 50 heavy (non-hydrogen) atoms. The van der Waals surface area contributed by atoms with Gasteiger partial charge in [0.25, 0.3) is 0 Å². The summed E-state index contributed by atoms with van der Waals surface area (Å²) in [7, 11) is 0. The molecule has 0 atom stereocenters. The molecule has 4 aromatic carbocycles. The molecule has 2 aromatic heterocycles. The number of nitrogens with zero attached hydrogens (tertiary/aromatic N) is 1. The molecule has 5 heteroatoms. The van der Waals surface area contributed by atoms with Crippen LogP contribution in [0.15, 0.2) is 101 Å². The van der Waals surface area contributed by atoms with Gasteiger partial charge in [-0.05, 0) is 54.3 Å². The van der Waals surface area contributed by atoms with E-state index in [9.17, 15) is 9.90 Å². The number of benzene rings is 4. The average molecular weight is 843 g/mol. The molecule has 0 saturated carbocycles. The van der Waals surface area contributed by atoms with Crippen LogP contribution in [0.25, 0.3) is 55.2 Å². The minimum absolute atomic E-state index is 0. The van der Waals surface area contributed by atoms with Crippen molar-refractivity contribution in [3.8, 4) is 22.6 Å². The molecule has 1 aliphatic rings. The van der Waals surface area contributed by atoms with Crippen molar-refractivity contribution >= 4 is 38.4 Å². The summed E-state index contributed by atoms with van der Waals surface area (Å²) in [6.07, 6.45) is 4.75. The Kier molecular flexibility index (Phi) is 10.6. The first-order valence-electron chi connectivity index (χ1n) is 17.7. The van der Waals surface area contributed by atoms with Crippen molar-refractivity contribution in [2.45, 2.75) is 86.5 Å². The normalized spacial score (nSPS) is 13.8. The number of ketones is 1. The van der Waals surface area contributed by atoms with Gasteiger partial charge >= 0.3 is 0 Å². The largest absolute Gasteiger partial charge is 0.512 e. The standard InChI is InChI=1S/C30H20NO.C15H28O2.Ir/c1-30(2)23-15-9-14-22(26(23)29-27(30)21-13-6-8-17-25(21)32-29)28-20-12-4-3-10-18(20)19-11-5-7-16-24(19)31-28;1-7-14(5,8-2)12(16)11-13(17)15(6,9-3)10-4;/h3-13,15-17H,1-2H3;11,16H,7-10H2,1-6H3;/q-1;;/b;12-11-;. The molecule has 1 radical (unpaired) electrons. The number of pyridine rings is 1. The van der Waals surface area contributed by atoms with Crippen LogP contribution >= 0.6 is 0 Å². The zero-order valence-corrected chi connectivity index (χ0v) is 32.9. The molecule has 0 unspecified atom stereocenters. The fraction of sp³-hybridized carbons (Fsp3) is 0.333. The molecule has 0 fully saturated rings. The molecular formula is C45H48IrNO3-. The van der Waals surface area contributed by atoms with E-state index < -0.39 is 0 Å². The molecule has 4 nitrogen and oxygen atoms in total. The predicted molar refractivity (Wildman–Crippen MR) is 204 cm³/mol. The number of para-hydroxylation sites is 2. The number of aromatic nitrogens is 1. The van der Waals surface area contributed by atoms with Gasteiger partial charge in [-0.3, -0.25) is 9.78 Å². The molecule has 2 heterocycles. The molecule has 7 rings (SSSR count). The Labute approximate surface area is 310 Å². The SMILES string of the molecule is CC1(C)c2cc[c-]c(-c3nc4ccccc4c4ccccc34)c2-c2oc3ccccc3c21.CCC(C)(CC)C(=O)/C=C(\O)C(C)(CC)CC.[Ir]. The molecule has 0 amide bonds. The van der Waals surface area contributed by atoms with Crippen LogP contribution in [0.3, 0.4) is 0 Å². The quantitative estimate of drug-likeness (QED) is 0.0717. The number of hydrogen-bond acceptors (Lipinski definition) is 4. The van der Waals surface area contributed by atoms with Crippen LogP contribution in [0.2, 0.25) is 0 Å². The van der Waals surface area contributed by atoms with Crippen LogP contribution in [-0.2, 0) is 30.3 Å². The van der Waals surface area contributed by atoms with E-state index in [0.29, 0.717) is 0 Å². The van der Waals surface area contributed by atoms with E-state index in [0.717, 1.165) is 64.8 Å². The van der Waals surface area contributed by atoms with Crippen LogP contribution < -0.4 is 0 Å². The van der Waals surface area contributed by atoms with Crippen molar-refractivity contribution in [3.63, 3.8) is 0 Å². The zero-order chi connectivity index (χ0) is 35.1. The Hall–Kier alpha value is -4.05. The second kappa shape index (κ2) is 14.3. The second-order valence-corrected chi connectivity index (χ2v) is 14.5. The van der Waals surface area contributed by atoms with Gasteiger partial charge < -0.3 is 9.52 Å². The van der Waals surface area contributed by atoms with Gasteiger partial charge in [-0.1, -0.05) is 122 Å². The number of aliphatic hydroxyl groups is 1. The third kappa shape index (κ3) is 6.14. The number of carbonyl (C=O) groups excluding carboxylic acids is 1. The third-order valence-corrected chi connectivity index (χ3v) is 11.6. The Morgan fingerprint density at radius 1 is 0.800 bits per heavy atom. The van der Waals surface area contributed by atoms with E-state index in [4.69, 9.17) is 9.40 Å². The topological polar surface area (TPSA) is 63.3 Å². The van der Waals surface area contributed by atoms with Crippen LogP contribution in [-0.4, -0.2) is 15.9 Å². The summed E-state index contributed by atoms with van der Waals surface area (Å²) < 4.78 is 6.49. The molecule has 0 spiro atoms.